The van der Waals surface area contributed by atoms with Crippen LogP contribution < -0.4 is 0 Å². The maximum absolute atomic E-state index is 14.7. The van der Waals surface area contributed by atoms with Gasteiger partial charge >= 0.3 is 6.18 Å². The van der Waals surface area contributed by atoms with Gasteiger partial charge in [-0.2, -0.15) is 13.2 Å². The van der Waals surface area contributed by atoms with Crippen LogP contribution in [0.2, 0.25) is 0 Å². The Hall–Kier alpha value is -3.05. The molecule has 184 valence electrons. The van der Waals surface area contributed by atoms with Gasteiger partial charge in [0.05, 0.1) is 18.3 Å². The van der Waals surface area contributed by atoms with Crippen LogP contribution >= 0.6 is 0 Å². The second-order valence-corrected chi connectivity index (χ2v) is 8.83. The Morgan fingerprint density at radius 2 is 1.83 bits per heavy atom. The minimum absolute atomic E-state index is 0.0395. The summed E-state index contributed by atoms with van der Waals surface area (Å²) < 4.78 is 72.0. The summed E-state index contributed by atoms with van der Waals surface area (Å²) in [5, 5.41) is 0.134. The van der Waals surface area contributed by atoms with Crippen molar-refractivity contribution in [1.29, 1.82) is 0 Å². The molecule has 0 spiro atoms. The summed E-state index contributed by atoms with van der Waals surface area (Å²) in [6, 6.07) is 5.36. The average Bonchev–Trinajstić information content (AvgIpc) is 2.83. The minimum atomic E-state index is -4.85. The van der Waals surface area contributed by atoms with E-state index in [4.69, 9.17) is 4.74 Å². The largest absolute Gasteiger partial charge is 0.458 e. The van der Waals surface area contributed by atoms with Crippen LogP contribution in [0.15, 0.2) is 36.7 Å². The Kier molecular flexibility index (Phi) is 7.66. The zero-order chi connectivity index (χ0) is 25.0. The van der Waals surface area contributed by atoms with Crippen molar-refractivity contribution in [3.8, 4) is 23.2 Å². The van der Waals surface area contributed by atoms with Crippen molar-refractivity contribution in [2.24, 2.45) is 5.92 Å². The van der Waals surface area contributed by atoms with Gasteiger partial charge < -0.3 is 4.74 Å². The van der Waals surface area contributed by atoms with Crippen molar-refractivity contribution in [2.45, 2.75) is 57.7 Å². The predicted molar refractivity (Wildman–Crippen MR) is 123 cm³/mol. The van der Waals surface area contributed by atoms with Crippen LogP contribution in [0.1, 0.15) is 62.7 Å². The van der Waals surface area contributed by atoms with Crippen LogP contribution in [-0.2, 0) is 4.74 Å². The third kappa shape index (κ3) is 6.15. The molecule has 35 heavy (non-hydrogen) atoms. The lowest BCUT2D eigenvalue weighted by molar-refractivity contribution is -0.0696. The topological polar surface area (TPSA) is 35.0 Å². The normalized spacial score (nSPS) is 18.3. The molecule has 1 saturated heterocycles. The monoisotopic (exact) mass is 488 g/mol. The second-order valence-electron chi connectivity index (χ2n) is 8.83. The van der Waals surface area contributed by atoms with Crippen molar-refractivity contribution in [2.75, 3.05) is 6.61 Å². The minimum Gasteiger partial charge on any atom is -0.373 e. The molecule has 2 aromatic carbocycles. The summed E-state index contributed by atoms with van der Waals surface area (Å²) in [4.78, 5) is 8.81. The molecule has 4 rings (SSSR count). The van der Waals surface area contributed by atoms with E-state index in [1.165, 1.54) is 43.9 Å². The zero-order valence-corrected chi connectivity index (χ0v) is 19.3. The highest BCUT2D eigenvalue weighted by Crippen LogP contribution is 2.33. The van der Waals surface area contributed by atoms with E-state index in [0.29, 0.717) is 17.3 Å². The molecule has 0 N–H and O–H groups in total. The van der Waals surface area contributed by atoms with E-state index in [1.54, 1.807) is 18.3 Å². The summed E-state index contributed by atoms with van der Waals surface area (Å²) in [5.41, 5.74) is 0.493. The first-order valence-corrected chi connectivity index (χ1v) is 11.7. The summed E-state index contributed by atoms with van der Waals surface area (Å²) in [6.45, 7) is 2.92. The molecule has 2 atom stereocenters. The number of rotatable bonds is 6. The van der Waals surface area contributed by atoms with Crippen molar-refractivity contribution in [3.63, 3.8) is 0 Å². The molecular formula is C27H25F5N2O. The molecule has 0 saturated carbocycles. The quantitative estimate of drug-likeness (QED) is 0.204. The lowest BCUT2D eigenvalue weighted by atomic mass is 9.91. The molecule has 2 heterocycles. The standard InChI is InChI=1S/C27H25F5N2O/c1-2-3-4-5-17-6-9-24(35-16-17)20-14-33-26(34-15-20)18-7-8-21-19(12-18)13-23(28)22(25(21)29)10-11-27(30,31)32/h7-8,12-15,17,24H,2-6,9,16H2,1H3. The number of halogens is 5. The van der Waals surface area contributed by atoms with E-state index in [0.717, 1.165) is 37.0 Å². The van der Waals surface area contributed by atoms with Gasteiger partial charge in [0.25, 0.3) is 0 Å². The highest BCUT2D eigenvalue weighted by Gasteiger charge is 2.25. The van der Waals surface area contributed by atoms with E-state index >= 15 is 0 Å². The van der Waals surface area contributed by atoms with Gasteiger partial charge in [0, 0.05) is 34.8 Å². The average molecular weight is 489 g/mol. The van der Waals surface area contributed by atoms with Crippen molar-refractivity contribution in [1.82, 2.24) is 9.97 Å². The van der Waals surface area contributed by atoms with Gasteiger partial charge in [-0.05, 0) is 42.7 Å². The van der Waals surface area contributed by atoms with Gasteiger partial charge in [0.2, 0.25) is 0 Å². The number of aromatic nitrogens is 2. The molecular weight excluding hydrogens is 463 g/mol. The zero-order valence-electron chi connectivity index (χ0n) is 19.3. The second kappa shape index (κ2) is 10.7. The van der Waals surface area contributed by atoms with Crippen LogP contribution in [0.3, 0.4) is 0 Å². The van der Waals surface area contributed by atoms with E-state index in [2.05, 4.69) is 16.9 Å². The van der Waals surface area contributed by atoms with E-state index in [-0.39, 0.29) is 16.9 Å². The van der Waals surface area contributed by atoms with Gasteiger partial charge in [-0.1, -0.05) is 44.2 Å². The van der Waals surface area contributed by atoms with Crippen LogP contribution in [0.5, 0.6) is 0 Å². The van der Waals surface area contributed by atoms with E-state index in [9.17, 15) is 22.0 Å². The van der Waals surface area contributed by atoms with Crippen LogP contribution in [0.25, 0.3) is 22.2 Å². The first-order valence-electron chi connectivity index (χ1n) is 11.7. The first-order chi connectivity index (χ1) is 16.7. The van der Waals surface area contributed by atoms with Crippen LogP contribution in [0.4, 0.5) is 22.0 Å². The third-order valence-corrected chi connectivity index (χ3v) is 6.25. The van der Waals surface area contributed by atoms with Crippen molar-refractivity contribution < 1.29 is 26.7 Å². The van der Waals surface area contributed by atoms with Crippen LogP contribution in [-0.4, -0.2) is 22.8 Å². The number of unbranched alkanes of at least 4 members (excludes halogenated alkanes) is 2. The fourth-order valence-electron chi connectivity index (χ4n) is 4.35. The highest BCUT2D eigenvalue weighted by atomic mass is 19.4. The maximum Gasteiger partial charge on any atom is 0.458 e. The number of hydrogen-bond acceptors (Lipinski definition) is 3. The third-order valence-electron chi connectivity index (χ3n) is 6.25. The van der Waals surface area contributed by atoms with Gasteiger partial charge in [-0.25, -0.2) is 18.7 Å². The van der Waals surface area contributed by atoms with Gasteiger partial charge in [0.15, 0.2) is 5.82 Å². The molecule has 0 radical (unpaired) electrons. The number of benzene rings is 2. The fraction of sp³-hybridized carbons (Fsp3) is 0.407. The molecule has 3 aromatic rings. The lowest BCUT2D eigenvalue weighted by Gasteiger charge is -2.29. The molecule has 3 nitrogen and oxygen atoms in total. The molecule has 0 aliphatic carbocycles. The maximum atomic E-state index is 14.7. The smallest absolute Gasteiger partial charge is 0.373 e. The van der Waals surface area contributed by atoms with Crippen molar-refractivity contribution >= 4 is 10.8 Å². The predicted octanol–water partition coefficient (Wildman–Crippen LogP) is 7.54. The Labute approximate surface area is 200 Å². The number of fused-ring (bicyclic) bond motifs is 1. The molecule has 8 heteroatoms. The Bertz CT molecular complexity index is 1240. The number of nitrogens with zero attached hydrogens (tertiary/aromatic N) is 2. The summed E-state index contributed by atoms with van der Waals surface area (Å²) in [5.74, 6) is 1.12. The molecule has 1 aromatic heterocycles. The summed E-state index contributed by atoms with van der Waals surface area (Å²) in [6.07, 6.45) is 5.39. The lowest BCUT2D eigenvalue weighted by Crippen LogP contribution is -2.21. The summed E-state index contributed by atoms with van der Waals surface area (Å²) in [7, 11) is 0. The first kappa shape index (κ1) is 25.1. The SMILES string of the molecule is CCCCCC1CCC(c2cnc(-c3ccc4c(F)c(C#CC(F)(F)F)c(F)cc4c3)nc2)OC1. The molecule has 1 aliphatic rings. The Morgan fingerprint density at radius 1 is 1.06 bits per heavy atom. The Morgan fingerprint density at radius 3 is 2.49 bits per heavy atom. The number of ether oxygens (including phenoxy) is 1. The van der Waals surface area contributed by atoms with E-state index < -0.39 is 23.4 Å². The van der Waals surface area contributed by atoms with Crippen molar-refractivity contribution in [3.05, 3.63) is 59.4 Å². The number of hydrogen-bond donors (Lipinski definition) is 0. The fourth-order valence-corrected chi connectivity index (χ4v) is 4.35. The summed E-state index contributed by atoms with van der Waals surface area (Å²) >= 11 is 0. The molecule has 1 aliphatic heterocycles. The number of alkyl halides is 3. The van der Waals surface area contributed by atoms with Gasteiger partial charge in [-0.3, -0.25) is 0 Å². The molecule has 0 amide bonds. The Balaban J connectivity index is 1.49. The van der Waals surface area contributed by atoms with E-state index in [1.807, 2.05) is 0 Å². The van der Waals surface area contributed by atoms with Gasteiger partial charge in [0.1, 0.15) is 11.6 Å². The molecule has 0 bridgehead atoms. The van der Waals surface area contributed by atoms with Gasteiger partial charge in [-0.15, -0.1) is 0 Å². The molecule has 1 fully saturated rings. The highest BCUT2D eigenvalue weighted by molar-refractivity contribution is 5.88. The molecule has 2 unspecified atom stereocenters. The van der Waals surface area contributed by atoms with Crippen LogP contribution in [0, 0.1) is 29.4 Å².